The summed E-state index contributed by atoms with van der Waals surface area (Å²) in [7, 11) is 0. The lowest BCUT2D eigenvalue weighted by atomic mass is 10.0. The van der Waals surface area contributed by atoms with Crippen molar-refractivity contribution >= 4 is 28.7 Å². The molecule has 0 saturated heterocycles. The number of hydrogen-bond acceptors (Lipinski definition) is 4. The first-order valence-corrected chi connectivity index (χ1v) is 8.17. The number of carbonyl (C=O) groups excluding carboxylic acids is 1. The number of carbonyl (C=O) groups is 1. The van der Waals surface area contributed by atoms with Crippen molar-refractivity contribution in [3.63, 3.8) is 0 Å². The largest absolute Gasteiger partial charge is 0.281 e. The minimum atomic E-state index is -0.254. The van der Waals surface area contributed by atoms with Gasteiger partial charge in [-0.15, -0.1) is 0 Å². The molecule has 2 N–H and O–H groups in total. The van der Waals surface area contributed by atoms with Crippen molar-refractivity contribution in [1.82, 2.24) is 15.4 Å². The van der Waals surface area contributed by atoms with Crippen LogP contribution in [0.1, 0.15) is 30.9 Å². The van der Waals surface area contributed by atoms with Crippen LogP contribution in [-0.2, 0) is 4.79 Å². The van der Waals surface area contributed by atoms with Crippen molar-refractivity contribution in [3.05, 3.63) is 72.1 Å². The molecule has 126 valence electrons. The summed E-state index contributed by atoms with van der Waals surface area (Å²) in [5.74, 6) is 0.803. The van der Waals surface area contributed by atoms with Crippen molar-refractivity contribution in [2.75, 3.05) is 5.43 Å². The van der Waals surface area contributed by atoms with Crippen LogP contribution in [0.25, 0.3) is 17.0 Å². The molecule has 0 unspecified atom stereocenters. The highest BCUT2D eigenvalue weighted by Gasteiger charge is 2.03. The molecule has 2 aromatic carbocycles. The molecule has 0 aliphatic heterocycles. The first-order valence-electron chi connectivity index (χ1n) is 8.17. The van der Waals surface area contributed by atoms with Crippen molar-refractivity contribution in [2.24, 2.45) is 0 Å². The summed E-state index contributed by atoms with van der Waals surface area (Å²) in [6.07, 6.45) is 4.73. The van der Waals surface area contributed by atoms with Crippen LogP contribution >= 0.6 is 0 Å². The van der Waals surface area contributed by atoms with Crippen LogP contribution in [0.4, 0.5) is 5.82 Å². The fraction of sp³-hybridized carbons (Fsp3) is 0.150. The number of anilines is 1. The molecule has 0 saturated carbocycles. The number of nitrogens with zero attached hydrogens (tertiary/aromatic N) is 2. The third kappa shape index (κ3) is 4.20. The Hall–Kier alpha value is -3.21. The Bertz CT molecular complexity index is 896. The van der Waals surface area contributed by atoms with Gasteiger partial charge in [-0.25, -0.2) is 9.97 Å². The monoisotopic (exact) mass is 332 g/mol. The Morgan fingerprint density at radius 3 is 2.56 bits per heavy atom. The van der Waals surface area contributed by atoms with Gasteiger partial charge >= 0.3 is 0 Å². The molecular formula is C20H20N4O. The van der Waals surface area contributed by atoms with E-state index in [0.29, 0.717) is 11.7 Å². The minimum absolute atomic E-state index is 0.254. The van der Waals surface area contributed by atoms with Crippen molar-refractivity contribution in [1.29, 1.82) is 0 Å². The molecule has 0 atom stereocenters. The quantitative estimate of drug-likeness (QED) is 0.549. The van der Waals surface area contributed by atoms with Gasteiger partial charge in [0.25, 0.3) is 5.91 Å². The zero-order valence-electron chi connectivity index (χ0n) is 14.2. The van der Waals surface area contributed by atoms with Crippen LogP contribution in [0, 0.1) is 0 Å². The van der Waals surface area contributed by atoms with E-state index in [-0.39, 0.29) is 5.91 Å². The Balaban J connectivity index is 1.62. The van der Waals surface area contributed by atoms with Crippen molar-refractivity contribution < 1.29 is 4.79 Å². The van der Waals surface area contributed by atoms with E-state index < -0.39 is 0 Å². The zero-order chi connectivity index (χ0) is 17.6. The maximum absolute atomic E-state index is 12.0. The highest BCUT2D eigenvalue weighted by atomic mass is 16.2. The van der Waals surface area contributed by atoms with Gasteiger partial charge in [-0.3, -0.25) is 15.6 Å². The van der Waals surface area contributed by atoms with Gasteiger partial charge in [0.05, 0.1) is 5.52 Å². The van der Waals surface area contributed by atoms with E-state index in [2.05, 4.69) is 46.8 Å². The highest BCUT2D eigenvalue weighted by Crippen LogP contribution is 2.17. The van der Waals surface area contributed by atoms with Gasteiger partial charge in [-0.2, -0.15) is 0 Å². The molecule has 1 aromatic heterocycles. The van der Waals surface area contributed by atoms with E-state index in [9.17, 15) is 4.79 Å². The average Bonchev–Trinajstić information content (AvgIpc) is 2.65. The molecule has 0 radical (unpaired) electrons. The normalized spacial score (nSPS) is 11.2. The molecule has 0 bridgehead atoms. The van der Waals surface area contributed by atoms with E-state index in [4.69, 9.17) is 0 Å². The summed E-state index contributed by atoms with van der Waals surface area (Å²) in [6, 6.07) is 15.8. The van der Waals surface area contributed by atoms with Gasteiger partial charge < -0.3 is 0 Å². The molecule has 1 heterocycles. The third-order valence-corrected chi connectivity index (χ3v) is 3.88. The second kappa shape index (κ2) is 7.57. The van der Waals surface area contributed by atoms with Crippen LogP contribution in [0.2, 0.25) is 0 Å². The molecular weight excluding hydrogens is 312 g/mol. The molecule has 3 rings (SSSR count). The average molecular weight is 332 g/mol. The van der Waals surface area contributed by atoms with Crippen LogP contribution in [0.15, 0.2) is 60.9 Å². The number of amides is 1. The summed E-state index contributed by atoms with van der Waals surface area (Å²) in [6.45, 7) is 4.31. The van der Waals surface area contributed by atoms with Crippen molar-refractivity contribution in [2.45, 2.75) is 19.8 Å². The third-order valence-electron chi connectivity index (χ3n) is 3.88. The molecule has 1 amide bonds. The zero-order valence-corrected chi connectivity index (χ0v) is 14.2. The van der Waals surface area contributed by atoms with E-state index in [0.717, 1.165) is 16.5 Å². The van der Waals surface area contributed by atoms with E-state index in [1.54, 1.807) is 6.08 Å². The molecule has 5 heteroatoms. The summed E-state index contributed by atoms with van der Waals surface area (Å²) >= 11 is 0. The van der Waals surface area contributed by atoms with Crippen molar-refractivity contribution in [3.8, 4) is 0 Å². The Morgan fingerprint density at radius 2 is 1.80 bits per heavy atom. The predicted molar refractivity (Wildman–Crippen MR) is 101 cm³/mol. The molecule has 0 fully saturated rings. The van der Waals surface area contributed by atoms with Gasteiger partial charge in [0, 0.05) is 11.5 Å². The molecule has 0 spiro atoms. The first kappa shape index (κ1) is 16.6. The Labute approximate surface area is 146 Å². The number of hydrogen-bond donors (Lipinski definition) is 2. The minimum Gasteiger partial charge on any atom is -0.281 e. The Kier molecular flexibility index (Phi) is 5.04. The molecule has 0 aliphatic carbocycles. The van der Waals surface area contributed by atoms with Crippen LogP contribution in [-0.4, -0.2) is 15.9 Å². The number of hydrazine groups is 1. The van der Waals surface area contributed by atoms with Gasteiger partial charge in [-0.1, -0.05) is 50.2 Å². The molecule has 25 heavy (non-hydrogen) atoms. The van der Waals surface area contributed by atoms with Gasteiger partial charge in [0.1, 0.15) is 6.33 Å². The van der Waals surface area contributed by atoms with Gasteiger partial charge in [0.15, 0.2) is 5.82 Å². The fourth-order valence-corrected chi connectivity index (χ4v) is 2.43. The Morgan fingerprint density at radius 1 is 1.04 bits per heavy atom. The summed E-state index contributed by atoms with van der Waals surface area (Å²) in [5, 5.41) is 0.846. The summed E-state index contributed by atoms with van der Waals surface area (Å²) in [5.41, 5.74) is 8.54. The van der Waals surface area contributed by atoms with E-state index in [1.807, 2.05) is 36.4 Å². The van der Waals surface area contributed by atoms with E-state index >= 15 is 0 Å². The molecule has 3 aromatic rings. The number of nitrogens with one attached hydrogen (secondary N) is 2. The topological polar surface area (TPSA) is 66.9 Å². The summed E-state index contributed by atoms with van der Waals surface area (Å²) in [4.78, 5) is 20.3. The molecule has 5 nitrogen and oxygen atoms in total. The number of fused-ring (bicyclic) bond motifs is 1. The number of aromatic nitrogens is 2. The smallest absolute Gasteiger partial charge is 0.262 e. The maximum Gasteiger partial charge on any atom is 0.262 e. The van der Waals surface area contributed by atoms with Gasteiger partial charge in [-0.05, 0) is 35.3 Å². The number of rotatable bonds is 5. The first-order chi connectivity index (χ1) is 12.1. The lowest BCUT2D eigenvalue weighted by Gasteiger charge is -2.08. The maximum atomic E-state index is 12.0. The second-order valence-corrected chi connectivity index (χ2v) is 6.01. The molecule has 0 aliphatic rings. The standard InChI is InChI=1S/C20H20N4O/c1-14(2)16-10-7-15(8-11-16)9-12-19(25)23-24-20-17-5-3-4-6-18(17)21-13-22-20/h3-14H,1-2H3,(H,23,25)(H,21,22,24). The summed E-state index contributed by atoms with van der Waals surface area (Å²) < 4.78 is 0. The predicted octanol–water partition coefficient (Wildman–Crippen LogP) is 3.91. The van der Waals surface area contributed by atoms with Crippen LogP contribution < -0.4 is 10.9 Å². The highest BCUT2D eigenvalue weighted by molar-refractivity contribution is 5.94. The number of benzene rings is 2. The van der Waals surface area contributed by atoms with Crippen LogP contribution in [0.5, 0.6) is 0 Å². The van der Waals surface area contributed by atoms with Crippen LogP contribution in [0.3, 0.4) is 0 Å². The van der Waals surface area contributed by atoms with E-state index in [1.165, 1.54) is 18.0 Å². The SMILES string of the molecule is CC(C)c1ccc(C=CC(=O)NNc2ncnc3ccccc23)cc1. The second-order valence-electron chi connectivity index (χ2n) is 6.01. The lowest BCUT2D eigenvalue weighted by Crippen LogP contribution is -2.28. The van der Waals surface area contributed by atoms with Gasteiger partial charge in [0.2, 0.25) is 0 Å². The fourth-order valence-electron chi connectivity index (χ4n) is 2.43. The lowest BCUT2D eigenvalue weighted by molar-refractivity contribution is -0.116. The number of para-hydroxylation sites is 1.